The van der Waals surface area contributed by atoms with Crippen LogP contribution in [0.4, 0.5) is 10.1 Å². The van der Waals surface area contributed by atoms with Gasteiger partial charge in [-0.05, 0) is 30.7 Å². The molecule has 1 aromatic heterocycles. The number of amides is 1. The molecule has 2 heterocycles. The highest BCUT2D eigenvalue weighted by Crippen LogP contribution is 2.22. The van der Waals surface area contributed by atoms with E-state index in [1.165, 1.54) is 23.9 Å². The minimum atomic E-state index is -0.382. The molecule has 4 rings (SSSR count). The molecule has 0 spiro atoms. The molecule has 0 radical (unpaired) electrons. The highest BCUT2D eigenvalue weighted by atomic mass is 19.1. The second kappa shape index (κ2) is 8.59. The fourth-order valence-electron chi connectivity index (χ4n) is 3.73. The molecule has 1 aliphatic heterocycles. The van der Waals surface area contributed by atoms with Crippen LogP contribution in [0.25, 0.3) is 5.69 Å². The zero-order chi connectivity index (χ0) is 22.0. The van der Waals surface area contributed by atoms with E-state index in [0.29, 0.717) is 37.6 Å². The lowest BCUT2D eigenvalue weighted by atomic mass is 10.2. The van der Waals surface area contributed by atoms with Crippen molar-refractivity contribution in [2.24, 2.45) is 0 Å². The number of hydrogen-bond acceptors (Lipinski definition) is 5. The predicted molar refractivity (Wildman–Crippen MR) is 116 cm³/mol. The Morgan fingerprint density at radius 1 is 1.00 bits per heavy atom. The summed E-state index contributed by atoms with van der Waals surface area (Å²) in [5.41, 5.74) is 1.68. The Kier molecular flexibility index (Phi) is 5.70. The number of nitrogens with zero attached hydrogens (tertiary/aromatic N) is 4. The predicted octanol–water partition coefficient (Wildman–Crippen LogP) is 2.65. The van der Waals surface area contributed by atoms with Crippen LogP contribution < -0.4 is 15.2 Å². The summed E-state index contributed by atoms with van der Waals surface area (Å²) >= 11 is 0. The van der Waals surface area contributed by atoms with Gasteiger partial charge in [-0.15, -0.1) is 0 Å². The molecule has 0 bridgehead atoms. The third-order valence-corrected chi connectivity index (χ3v) is 5.42. The Labute approximate surface area is 179 Å². The Balaban J connectivity index is 1.60. The van der Waals surface area contributed by atoms with E-state index in [9.17, 15) is 14.0 Å². The number of ether oxygens (including phenoxy) is 1. The van der Waals surface area contributed by atoms with E-state index < -0.39 is 0 Å². The molecular weight excluding hydrogens is 399 g/mol. The lowest BCUT2D eigenvalue weighted by molar-refractivity contribution is 0.0734. The molecule has 1 fully saturated rings. The number of piperazine rings is 1. The zero-order valence-electron chi connectivity index (χ0n) is 17.4. The Morgan fingerprint density at radius 3 is 2.29 bits per heavy atom. The molecule has 8 heteroatoms. The molecule has 160 valence electrons. The van der Waals surface area contributed by atoms with Crippen molar-refractivity contribution in [3.05, 3.63) is 82.0 Å². The van der Waals surface area contributed by atoms with Gasteiger partial charge >= 0.3 is 0 Å². The van der Waals surface area contributed by atoms with Crippen molar-refractivity contribution in [2.45, 2.75) is 6.92 Å². The Morgan fingerprint density at radius 2 is 1.65 bits per heavy atom. The van der Waals surface area contributed by atoms with Crippen LogP contribution in [0.2, 0.25) is 0 Å². The van der Waals surface area contributed by atoms with E-state index in [-0.39, 0.29) is 28.7 Å². The van der Waals surface area contributed by atoms with Crippen LogP contribution in [0.15, 0.2) is 59.4 Å². The van der Waals surface area contributed by atoms with Gasteiger partial charge in [0.25, 0.3) is 11.5 Å². The molecule has 0 N–H and O–H groups in total. The summed E-state index contributed by atoms with van der Waals surface area (Å²) in [7, 11) is 1.40. The molecule has 0 atom stereocenters. The first-order valence-electron chi connectivity index (χ1n) is 10.0. The lowest BCUT2D eigenvalue weighted by Crippen LogP contribution is -2.49. The molecule has 1 saturated heterocycles. The van der Waals surface area contributed by atoms with Gasteiger partial charge in [-0.2, -0.15) is 9.78 Å². The normalized spacial score (nSPS) is 13.9. The van der Waals surface area contributed by atoms with E-state index in [4.69, 9.17) is 4.74 Å². The first-order valence-corrected chi connectivity index (χ1v) is 10.0. The fourth-order valence-corrected chi connectivity index (χ4v) is 3.73. The number of carbonyl (C=O) groups is 1. The number of para-hydroxylation sites is 2. The van der Waals surface area contributed by atoms with E-state index in [2.05, 4.69) is 5.10 Å². The van der Waals surface area contributed by atoms with Crippen LogP contribution in [0, 0.1) is 12.7 Å². The topological polar surface area (TPSA) is 67.7 Å². The molecule has 7 nitrogen and oxygen atoms in total. The fraction of sp³-hybridized carbons (Fsp3) is 0.261. The second-order valence-corrected chi connectivity index (χ2v) is 7.33. The van der Waals surface area contributed by atoms with E-state index in [0.717, 1.165) is 5.56 Å². The van der Waals surface area contributed by atoms with Crippen LogP contribution in [0.1, 0.15) is 16.1 Å². The number of aromatic nitrogens is 2. The molecular formula is C23H23FN4O3. The van der Waals surface area contributed by atoms with Crippen molar-refractivity contribution in [1.29, 1.82) is 0 Å². The average Bonchev–Trinajstić information content (AvgIpc) is 2.79. The third kappa shape index (κ3) is 4.01. The lowest BCUT2D eigenvalue weighted by Gasteiger charge is -2.36. The van der Waals surface area contributed by atoms with Crippen molar-refractivity contribution < 1.29 is 13.9 Å². The van der Waals surface area contributed by atoms with Crippen LogP contribution in [-0.4, -0.2) is 53.9 Å². The minimum Gasteiger partial charge on any atom is -0.494 e. The van der Waals surface area contributed by atoms with Gasteiger partial charge in [-0.25, -0.2) is 4.39 Å². The van der Waals surface area contributed by atoms with Gasteiger partial charge in [0.2, 0.25) is 0 Å². The van der Waals surface area contributed by atoms with E-state index in [1.54, 1.807) is 29.2 Å². The quantitative estimate of drug-likeness (QED) is 0.647. The molecule has 1 amide bonds. The number of benzene rings is 2. The number of carbonyl (C=O) groups excluding carboxylic acids is 1. The Hall–Kier alpha value is -3.68. The summed E-state index contributed by atoms with van der Waals surface area (Å²) in [4.78, 5) is 29.4. The maximum Gasteiger partial charge on any atom is 0.278 e. The van der Waals surface area contributed by atoms with Gasteiger partial charge in [-0.3, -0.25) is 9.59 Å². The Bertz CT molecular complexity index is 1170. The van der Waals surface area contributed by atoms with Gasteiger partial charge in [-0.1, -0.05) is 30.3 Å². The smallest absolute Gasteiger partial charge is 0.278 e. The number of hydrogen-bond donors (Lipinski definition) is 0. The number of anilines is 1. The number of aryl methyl sites for hydroxylation is 1. The first-order chi connectivity index (χ1) is 15.0. The van der Waals surface area contributed by atoms with Crippen LogP contribution >= 0.6 is 0 Å². The molecule has 31 heavy (non-hydrogen) atoms. The van der Waals surface area contributed by atoms with Crippen molar-refractivity contribution in [3.8, 4) is 11.4 Å². The highest BCUT2D eigenvalue weighted by molar-refractivity contribution is 5.95. The van der Waals surface area contributed by atoms with Gasteiger partial charge in [0.15, 0.2) is 11.4 Å². The maximum absolute atomic E-state index is 14.1. The summed E-state index contributed by atoms with van der Waals surface area (Å²) in [6.45, 7) is 3.67. The summed E-state index contributed by atoms with van der Waals surface area (Å²) in [6, 6.07) is 15.2. The van der Waals surface area contributed by atoms with Gasteiger partial charge in [0, 0.05) is 26.2 Å². The van der Waals surface area contributed by atoms with Crippen molar-refractivity contribution in [1.82, 2.24) is 14.7 Å². The molecule has 2 aromatic carbocycles. The molecule has 1 aliphatic rings. The monoisotopic (exact) mass is 422 g/mol. The summed E-state index contributed by atoms with van der Waals surface area (Å²) < 4.78 is 20.6. The third-order valence-electron chi connectivity index (χ3n) is 5.42. The number of rotatable bonds is 4. The molecule has 0 aliphatic carbocycles. The van der Waals surface area contributed by atoms with Crippen LogP contribution in [0.5, 0.6) is 5.75 Å². The minimum absolute atomic E-state index is 0.0738. The maximum atomic E-state index is 14.1. The SMILES string of the molecule is COc1cc(=O)n(-c2ccccc2C)nc1C(=O)N1CCN(c2ccccc2F)CC1. The standard InChI is InChI=1S/C23H23FN4O3/c1-16-7-3-5-9-18(16)28-21(29)15-20(31-2)22(25-28)23(30)27-13-11-26(12-14-27)19-10-6-4-8-17(19)24/h3-10,15H,11-14H2,1-2H3. The zero-order valence-corrected chi connectivity index (χ0v) is 17.4. The van der Waals surface area contributed by atoms with Crippen molar-refractivity contribution in [3.63, 3.8) is 0 Å². The summed E-state index contributed by atoms with van der Waals surface area (Å²) in [5.74, 6) is -0.473. The van der Waals surface area contributed by atoms with Crippen molar-refractivity contribution >= 4 is 11.6 Å². The molecule has 3 aromatic rings. The number of halogens is 1. The average molecular weight is 422 g/mol. The highest BCUT2D eigenvalue weighted by Gasteiger charge is 2.27. The largest absolute Gasteiger partial charge is 0.494 e. The van der Waals surface area contributed by atoms with Crippen LogP contribution in [-0.2, 0) is 0 Å². The van der Waals surface area contributed by atoms with E-state index >= 15 is 0 Å². The van der Waals surface area contributed by atoms with E-state index in [1.807, 2.05) is 30.0 Å². The summed E-state index contributed by atoms with van der Waals surface area (Å²) in [6.07, 6.45) is 0. The van der Waals surface area contributed by atoms with Gasteiger partial charge < -0.3 is 14.5 Å². The van der Waals surface area contributed by atoms with Gasteiger partial charge in [0.1, 0.15) is 5.82 Å². The first kappa shape index (κ1) is 20.6. The molecule has 0 saturated carbocycles. The second-order valence-electron chi connectivity index (χ2n) is 7.33. The van der Waals surface area contributed by atoms with Crippen molar-refractivity contribution in [2.75, 3.05) is 38.2 Å². The van der Waals surface area contributed by atoms with Crippen LogP contribution in [0.3, 0.4) is 0 Å². The summed E-state index contributed by atoms with van der Waals surface area (Å²) in [5, 5.41) is 4.35. The number of methoxy groups -OCH3 is 1. The molecule has 0 unspecified atom stereocenters. The van der Waals surface area contributed by atoms with Gasteiger partial charge in [0.05, 0.1) is 24.6 Å².